The van der Waals surface area contributed by atoms with Crippen LogP contribution in [0.3, 0.4) is 0 Å². The van der Waals surface area contributed by atoms with Gasteiger partial charge in [0.2, 0.25) is 5.91 Å². The molecule has 1 saturated heterocycles. The third-order valence-electron chi connectivity index (χ3n) is 6.55. The smallest absolute Gasteiger partial charge is 0.309 e. The zero-order valence-electron chi connectivity index (χ0n) is 18.6. The number of carboxylic acid groups (broad SMARTS) is 1. The van der Waals surface area contributed by atoms with Gasteiger partial charge in [-0.05, 0) is 36.0 Å². The molecule has 170 valence electrons. The fourth-order valence-corrected chi connectivity index (χ4v) is 4.97. The summed E-state index contributed by atoms with van der Waals surface area (Å²) in [6.07, 6.45) is 7.07. The third kappa shape index (κ3) is 5.54. The lowest BCUT2D eigenvalue weighted by atomic mass is 9.84. The van der Waals surface area contributed by atoms with Gasteiger partial charge in [-0.3, -0.25) is 14.6 Å². The van der Waals surface area contributed by atoms with Crippen molar-refractivity contribution in [2.75, 3.05) is 26.3 Å². The third-order valence-corrected chi connectivity index (χ3v) is 6.55. The molecule has 32 heavy (non-hydrogen) atoms. The van der Waals surface area contributed by atoms with Crippen LogP contribution in [-0.4, -0.2) is 53.2 Å². The van der Waals surface area contributed by atoms with E-state index in [9.17, 15) is 14.7 Å². The van der Waals surface area contributed by atoms with E-state index in [1.807, 2.05) is 29.2 Å². The van der Waals surface area contributed by atoms with E-state index >= 15 is 0 Å². The lowest BCUT2D eigenvalue weighted by molar-refractivity contribution is -0.136. The van der Waals surface area contributed by atoms with Crippen molar-refractivity contribution >= 4 is 11.9 Å². The van der Waals surface area contributed by atoms with Crippen molar-refractivity contribution in [2.24, 2.45) is 0 Å². The SMILES string of the molecule is O=C(O)Cc1cc(C2CCCCCC2)c(-c2ccccc2)c(CC(=O)N2CCOCC2)n1. The number of pyridine rings is 1. The maximum Gasteiger partial charge on any atom is 0.309 e. The topological polar surface area (TPSA) is 79.7 Å². The Morgan fingerprint density at radius 2 is 1.69 bits per heavy atom. The number of aliphatic carboxylic acids is 1. The minimum absolute atomic E-state index is 0.0253. The maximum atomic E-state index is 13.1. The van der Waals surface area contributed by atoms with E-state index in [2.05, 4.69) is 12.1 Å². The first-order chi connectivity index (χ1) is 15.6. The van der Waals surface area contributed by atoms with Gasteiger partial charge in [0.05, 0.1) is 37.4 Å². The van der Waals surface area contributed by atoms with E-state index in [4.69, 9.17) is 9.72 Å². The van der Waals surface area contributed by atoms with Gasteiger partial charge in [-0.25, -0.2) is 0 Å². The molecule has 2 aromatic rings. The van der Waals surface area contributed by atoms with E-state index in [1.165, 1.54) is 25.7 Å². The summed E-state index contributed by atoms with van der Waals surface area (Å²) < 4.78 is 5.39. The van der Waals surface area contributed by atoms with Crippen LogP contribution >= 0.6 is 0 Å². The normalized spacial score (nSPS) is 17.7. The maximum absolute atomic E-state index is 13.1. The van der Waals surface area contributed by atoms with Gasteiger partial charge >= 0.3 is 5.97 Å². The van der Waals surface area contributed by atoms with E-state index in [0.717, 1.165) is 29.5 Å². The van der Waals surface area contributed by atoms with Crippen LogP contribution in [0.4, 0.5) is 0 Å². The van der Waals surface area contributed by atoms with Crippen molar-refractivity contribution in [1.82, 2.24) is 9.88 Å². The number of nitrogens with zero attached hydrogens (tertiary/aromatic N) is 2. The average molecular weight is 437 g/mol. The monoisotopic (exact) mass is 436 g/mol. The number of carbonyl (C=O) groups excluding carboxylic acids is 1. The molecule has 6 nitrogen and oxygen atoms in total. The molecule has 0 spiro atoms. The molecule has 0 atom stereocenters. The summed E-state index contributed by atoms with van der Waals surface area (Å²) in [7, 11) is 0. The highest BCUT2D eigenvalue weighted by molar-refractivity contribution is 5.83. The van der Waals surface area contributed by atoms with Gasteiger partial charge in [-0.1, -0.05) is 56.0 Å². The molecule has 1 aliphatic carbocycles. The molecular formula is C26H32N2O4. The van der Waals surface area contributed by atoms with Crippen molar-refractivity contribution in [3.8, 4) is 11.1 Å². The molecule has 1 aromatic heterocycles. The Labute approximate surface area is 189 Å². The Balaban J connectivity index is 1.79. The van der Waals surface area contributed by atoms with E-state index < -0.39 is 5.97 Å². The number of ether oxygens (including phenoxy) is 1. The lowest BCUT2D eigenvalue weighted by Gasteiger charge is -2.28. The highest BCUT2D eigenvalue weighted by atomic mass is 16.5. The van der Waals surface area contributed by atoms with Crippen LogP contribution in [0.5, 0.6) is 0 Å². The Morgan fingerprint density at radius 3 is 2.34 bits per heavy atom. The summed E-state index contributed by atoms with van der Waals surface area (Å²) in [5.41, 5.74) is 4.47. The second kappa shape index (κ2) is 10.7. The Bertz CT molecular complexity index is 930. The molecule has 6 heteroatoms. The zero-order chi connectivity index (χ0) is 22.3. The summed E-state index contributed by atoms with van der Waals surface area (Å²) in [6, 6.07) is 12.1. The Kier molecular flexibility index (Phi) is 7.53. The summed E-state index contributed by atoms with van der Waals surface area (Å²) in [5.74, 6) is -0.514. The molecule has 2 heterocycles. The predicted octanol–water partition coefficient (Wildman–Crippen LogP) is 4.21. The Hall–Kier alpha value is -2.73. The fraction of sp³-hybridized carbons (Fsp3) is 0.500. The van der Waals surface area contributed by atoms with E-state index in [1.54, 1.807) is 0 Å². The number of aromatic nitrogens is 1. The molecule has 2 fully saturated rings. The van der Waals surface area contributed by atoms with Crippen LogP contribution in [0, 0.1) is 0 Å². The van der Waals surface area contributed by atoms with Crippen LogP contribution in [-0.2, 0) is 27.2 Å². The number of hydrogen-bond acceptors (Lipinski definition) is 4. The van der Waals surface area contributed by atoms with Gasteiger partial charge in [0, 0.05) is 18.7 Å². The van der Waals surface area contributed by atoms with Crippen LogP contribution in [0.25, 0.3) is 11.1 Å². The number of benzene rings is 1. The summed E-state index contributed by atoms with van der Waals surface area (Å²) in [6.45, 7) is 2.28. The molecule has 0 radical (unpaired) electrons. The van der Waals surface area contributed by atoms with Crippen LogP contribution in [0.1, 0.15) is 61.4 Å². The minimum Gasteiger partial charge on any atom is -0.481 e. The molecule has 1 N–H and O–H groups in total. The number of amides is 1. The van der Waals surface area contributed by atoms with Gasteiger partial charge in [-0.2, -0.15) is 0 Å². The lowest BCUT2D eigenvalue weighted by Crippen LogP contribution is -2.41. The van der Waals surface area contributed by atoms with Crippen LogP contribution in [0.15, 0.2) is 36.4 Å². The molecule has 1 amide bonds. The number of morpholine rings is 1. The van der Waals surface area contributed by atoms with Crippen molar-refractivity contribution in [3.63, 3.8) is 0 Å². The summed E-state index contributed by atoms with van der Waals surface area (Å²) in [4.78, 5) is 31.2. The van der Waals surface area contributed by atoms with Gasteiger partial charge in [0.25, 0.3) is 0 Å². The van der Waals surface area contributed by atoms with Crippen molar-refractivity contribution in [3.05, 3.63) is 53.3 Å². The van der Waals surface area contributed by atoms with Gasteiger partial charge in [0.15, 0.2) is 0 Å². The molecule has 0 unspecified atom stereocenters. The highest BCUT2D eigenvalue weighted by Gasteiger charge is 2.26. The van der Waals surface area contributed by atoms with Crippen molar-refractivity contribution < 1.29 is 19.4 Å². The quantitative estimate of drug-likeness (QED) is 0.686. The van der Waals surface area contributed by atoms with Crippen molar-refractivity contribution in [2.45, 2.75) is 57.3 Å². The molecule has 0 bridgehead atoms. The predicted molar refractivity (Wildman–Crippen MR) is 123 cm³/mol. The van der Waals surface area contributed by atoms with Crippen LogP contribution < -0.4 is 0 Å². The zero-order valence-corrected chi connectivity index (χ0v) is 18.6. The molecule has 1 aliphatic heterocycles. The molecule has 1 aromatic carbocycles. The molecule has 4 rings (SSSR count). The second-order valence-electron chi connectivity index (χ2n) is 8.82. The molecular weight excluding hydrogens is 404 g/mol. The van der Waals surface area contributed by atoms with Crippen molar-refractivity contribution in [1.29, 1.82) is 0 Å². The minimum atomic E-state index is -0.901. The van der Waals surface area contributed by atoms with E-state index in [0.29, 0.717) is 43.6 Å². The highest BCUT2D eigenvalue weighted by Crippen LogP contribution is 2.39. The van der Waals surface area contributed by atoms with E-state index in [-0.39, 0.29) is 18.7 Å². The number of hydrogen-bond donors (Lipinski definition) is 1. The fourth-order valence-electron chi connectivity index (χ4n) is 4.97. The second-order valence-corrected chi connectivity index (χ2v) is 8.82. The van der Waals surface area contributed by atoms with Crippen LogP contribution in [0.2, 0.25) is 0 Å². The first-order valence-corrected chi connectivity index (χ1v) is 11.8. The largest absolute Gasteiger partial charge is 0.481 e. The Morgan fingerprint density at radius 1 is 1.00 bits per heavy atom. The first kappa shape index (κ1) is 22.5. The number of carbonyl (C=O) groups is 2. The standard InChI is InChI=1S/C26H32N2O4/c29-24(28-12-14-32-15-13-28)18-23-26(20-10-6-3-7-11-20)22(16-21(27-23)17-25(30)31)19-8-4-1-2-5-9-19/h3,6-7,10-11,16,19H,1-2,4-5,8-9,12-15,17-18H2,(H,30,31). The number of carboxylic acids is 1. The molecule has 1 saturated carbocycles. The summed E-state index contributed by atoms with van der Waals surface area (Å²) >= 11 is 0. The number of rotatable bonds is 6. The summed E-state index contributed by atoms with van der Waals surface area (Å²) in [5, 5.41) is 9.45. The molecule has 2 aliphatic rings. The van der Waals surface area contributed by atoms with Gasteiger partial charge in [0.1, 0.15) is 0 Å². The average Bonchev–Trinajstić information content (AvgIpc) is 3.09. The first-order valence-electron chi connectivity index (χ1n) is 11.8. The van der Waals surface area contributed by atoms with Gasteiger partial charge < -0.3 is 14.7 Å². The van der Waals surface area contributed by atoms with Gasteiger partial charge in [-0.15, -0.1) is 0 Å².